The monoisotopic (exact) mass is 266 g/mol. The van der Waals surface area contributed by atoms with Crippen LogP contribution in [0.4, 0.5) is 4.79 Å². The SMILES string of the molecule is CC1(C)CC2CC(C)(CN2C(=O)NC2CCCO2)C1. The van der Waals surface area contributed by atoms with Gasteiger partial charge in [0.05, 0.1) is 0 Å². The normalized spacial score (nSPS) is 40.5. The Morgan fingerprint density at radius 3 is 2.79 bits per heavy atom. The lowest BCUT2D eigenvalue weighted by molar-refractivity contribution is 0.0812. The average molecular weight is 266 g/mol. The molecule has 3 aliphatic rings. The molecule has 0 aromatic rings. The summed E-state index contributed by atoms with van der Waals surface area (Å²) in [5.74, 6) is 0. The first-order chi connectivity index (χ1) is 8.87. The van der Waals surface area contributed by atoms with Gasteiger partial charge in [-0.05, 0) is 42.9 Å². The van der Waals surface area contributed by atoms with Gasteiger partial charge in [0.25, 0.3) is 0 Å². The number of amides is 2. The predicted molar refractivity (Wildman–Crippen MR) is 73.7 cm³/mol. The second kappa shape index (κ2) is 4.37. The number of ether oxygens (including phenoxy) is 1. The van der Waals surface area contributed by atoms with Crippen LogP contribution in [0.1, 0.15) is 52.9 Å². The van der Waals surface area contributed by atoms with Gasteiger partial charge >= 0.3 is 6.03 Å². The molecule has 1 N–H and O–H groups in total. The summed E-state index contributed by atoms with van der Waals surface area (Å²) in [6, 6.07) is 0.494. The number of fused-ring (bicyclic) bond motifs is 2. The predicted octanol–water partition coefficient (Wildman–Crippen LogP) is 2.73. The molecule has 1 saturated carbocycles. The van der Waals surface area contributed by atoms with E-state index in [0.717, 1.165) is 38.8 Å². The first-order valence-electron chi connectivity index (χ1n) is 7.56. The van der Waals surface area contributed by atoms with Gasteiger partial charge in [-0.1, -0.05) is 20.8 Å². The first-order valence-corrected chi connectivity index (χ1v) is 7.56. The number of rotatable bonds is 1. The second-order valence-electron chi connectivity index (χ2n) is 7.79. The molecule has 2 aliphatic heterocycles. The highest BCUT2D eigenvalue weighted by Gasteiger charge is 2.51. The molecule has 1 aliphatic carbocycles. The minimum absolute atomic E-state index is 0.0613. The van der Waals surface area contributed by atoms with Crippen LogP contribution in [0, 0.1) is 10.8 Å². The molecule has 3 fully saturated rings. The van der Waals surface area contributed by atoms with Crippen LogP contribution >= 0.6 is 0 Å². The molecule has 0 radical (unpaired) electrons. The molecule has 4 heteroatoms. The fourth-order valence-electron chi connectivity index (χ4n) is 4.61. The fourth-order valence-corrected chi connectivity index (χ4v) is 4.61. The third kappa shape index (κ3) is 2.60. The van der Waals surface area contributed by atoms with E-state index in [1.54, 1.807) is 0 Å². The summed E-state index contributed by atoms with van der Waals surface area (Å²) in [7, 11) is 0. The highest BCUT2D eigenvalue weighted by Crippen LogP contribution is 2.52. The van der Waals surface area contributed by atoms with E-state index in [1.807, 2.05) is 0 Å². The van der Waals surface area contributed by atoms with Crippen molar-refractivity contribution < 1.29 is 9.53 Å². The van der Waals surface area contributed by atoms with Crippen molar-refractivity contribution in [3.05, 3.63) is 0 Å². The lowest BCUT2D eigenvalue weighted by Gasteiger charge is -2.39. The van der Waals surface area contributed by atoms with Crippen molar-refractivity contribution in [1.29, 1.82) is 0 Å². The van der Waals surface area contributed by atoms with Gasteiger partial charge in [0.2, 0.25) is 0 Å². The lowest BCUT2D eigenvalue weighted by atomic mass is 9.65. The quantitative estimate of drug-likeness (QED) is 0.793. The lowest BCUT2D eigenvalue weighted by Crippen LogP contribution is -2.47. The summed E-state index contributed by atoms with van der Waals surface area (Å²) >= 11 is 0. The average Bonchev–Trinajstić information content (AvgIpc) is 2.83. The van der Waals surface area contributed by atoms with Crippen LogP contribution in [0.15, 0.2) is 0 Å². The molecule has 3 rings (SSSR count). The third-order valence-electron chi connectivity index (χ3n) is 4.89. The Hall–Kier alpha value is -0.770. The van der Waals surface area contributed by atoms with Crippen molar-refractivity contribution in [2.45, 2.75) is 65.1 Å². The smallest absolute Gasteiger partial charge is 0.319 e. The first kappa shape index (κ1) is 13.2. The summed E-state index contributed by atoms with van der Waals surface area (Å²) in [6.45, 7) is 8.68. The number of hydrogen-bond donors (Lipinski definition) is 1. The molecule has 0 aromatic carbocycles. The molecule has 3 atom stereocenters. The van der Waals surface area contributed by atoms with E-state index in [9.17, 15) is 4.79 Å². The maximum absolute atomic E-state index is 12.4. The van der Waals surface area contributed by atoms with Crippen LogP contribution in [0.3, 0.4) is 0 Å². The maximum atomic E-state index is 12.4. The second-order valence-corrected chi connectivity index (χ2v) is 7.79. The summed E-state index contributed by atoms with van der Waals surface area (Å²) in [4.78, 5) is 14.5. The van der Waals surface area contributed by atoms with Crippen LogP contribution < -0.4 is 5.32 Å². The maximum Gasteiger partial charge on any atom is 0.319 e. The number of nitrogens with zero attached hydrogens (tertiary/aromatic N) is 1. The molecule has 3 unspecified atom stereocenters. The molecule has 4 nitrogen and oxygen atoms in total. The highest BCUT2D eigenvalue weighted by molar-refractivity contribution is 5.75. The van der Waals surface area contributed by atoms with E-state index in [-0.39, 0.29) is 12.3 Å². The number of likely N-dealkylation sites (tertiary alicyclic amines) is 1. The zero-order valence-corrected chi connectivity index (χ0v) is 12.4. The van der Waals surface area contributed by atoms with Crippen LogP contribution in [0.2, 0.25) is 0 Å². The zero-order valence-electron chi connectivity index (χ0n) is 12.4. The van der Waals surface area contributed by atoms with E-state index in [4.69, 9.17) is 4.74 Å². The largest absolute Gasteiger partial charge is 0.358 e. The van der Waals surface area contributed by atoms with E-state index in [2.05, 4.69) is 31.0 Å². The van der Waals surface area contributed by atoms with E-state index in [0.29, 0.717) is 16.9 Å². The van der Waals surface area contributed by atoms with Gasteiger partial charge in [-0.2, -0.15) is 0 Å². The summed E-state index contributed by atoms with van der Waals surface area (Å²) in [5.41, 5.74) is 0.664. The molecule has 19 heavy (non-hydrogen) atoms. The Bertz CT molecular complexity index is 376. The van der Waals surface area contributed by atoms with Crippen LogP contribution in [0.5, 0.6) is 0 Å². The molecule has 2 amide bonds. The van der Waals surface area contributed by atoms with Gasteiger partial charge in [0.1, 0.15) is 6.23 Å². The highest BCUT2D eigenvalue weighted by atomic mass is 16.5. The third-order valence-corrected chi connectivity index (χ3v) is 4.89. The summed E-state index contributed by atoms with van der Waals surface area (Å²) in [5, 5.41) is 3.04. The van der Waals surface area contributed by atoms with Crippen molar-refractivity contribution in [1.82, 2.24) is 10.2 Å². The number of urea groups is 1. The number of carbonyl (C=O) groups is 1. The topological polar surface area (TPSA) is 41.6 Å². The zero-order chi connectivity index (χ0) is 13.7. The molecule has 0 aromatic heterocycles. The van der Waals surface area contributed by atoms with Gasteiger partial charge in [-0.3, -0.25) is 0 Å². The molecular weight excluding hydrogens is 240 g/mol. The standard InChI is InChI=1S/C15H26N2O2/c1-14(2)7-11-8-15(3,9-14)10-17(11)13(18)16-12-5-4-6-19-12/h11-12H,4-10H2,1-3H3,(H,16,18). The number of nitrogens with one attached hydrogen (secondary N) is 1. The van der Waals surface area contributed by atoms with Gasteiger partial charge in [0.15, 0.2) is 0 Å². The van der Waals surface area contributed by atoms with E-state index in [1.165, 1.54) is 6.42 Å². The van der Waals surface area contributed by atoms with Crippen LogP contribution in [-0.2, 0) is 4.74 Å². The van der Waals surface area contributed by atoms with Crippen molar-refractivity contribution in [2.75, 3.05) is 13.2 Å². The van der Waals surface area contributed by atoms with Crippen LogP contribution in [-0.4, -0.2) is 36.4 Å². The molecular formula is C15H26N2O2. The fraction of sp³-hybridized carbons (Fsp3) is 0.933. The van der Waals surface area contributed by atoms with Crippen LogP contribution in [0.25, 0.3) is 0 Å². The number of hydrogen-bond acceptors (Lipinski definition) is 2. The van der Waals surface area contributed by atoms with Crippen molar-refractivity contribution in [2.24, 2.45) is 10.8 Å². The Labute approximate surface area is 115 Å². The molecule has 2 heterocycles. The minimum Gasteiger partial charge on any atom is -0.358 e. The van der Waals surface area contributed by atoms with Crippen molar-refractivity contribution >= 4 is 6.03 Å². The minimum atomic E-state index is -0.0613. The van der Waals surface area contributed by atoms with Crippen molar-refractivity contribution in [3.63, 3.8) is 0 Å². The molecule has 2 saturated heterocycles. The molecule has 108 valence electrons. The van der Waals surface area contributed by atoms with Gasteiger partial charge in [-0.25, -0.2) is 4.79 Å². The summed E-state index contributed by atoms with van der Waals surface area (Å²) < 4.78 is 5.50. The molecule has 0 spiro atoms. The van der Waals surface area contributed by atoms with Crippen molar-refractivity contribution in [3.8, 4) is 0 Å². The van der Waals surface area contributed by atoms with Gasteiger partial charge in [-0.15, -0.1) is 0 Å². The van der Waals surface area contributed by atoms with Gasteiger partial charge in [0, 0.05) is 19.2 Å². The summed E-state index contributed by atoms with van der Waals surface area (Å²) in [6.07, 6.45) is 5.46. The Balaban J connectivity index is 1.67. The molecule has 2 bridgehead atoms. The number of carbonyl (C=O) groups excluding carboxylic acids is 1. The van der Waals surface area contributed by atoms with E-state index < -0.39 is 0 Å². The Morgan fingerprint density at radius 1 is 1.32 bits per heavy atom. The van der Waals surface area contributed by atoms with Gasteiger partial charge < -0.3 is 15.0 Å². The Morgan fingerprint density at radius 2 is 2.11 bits per heavy atom. The van der Waals surface area contributed by atoms with E-state index >= 15 is 0 Å². The Kier molecular flexibility index (Phi) is 3.04.